The zero-order chi connectivity index (χ0) is 21.3. The number of para-hydroxylation sites is 1. The summed E-state index contributed by atoms with van der Waals surface area (Å²) >= 11 is 0. The molecule has 2 nitrogen and oxygen atoms in total. The van der Waals surface area contributed by atoms with Crippen molar-refractivity contribution in [3.05, 3.63) is 121 Å². The highest BCUT2D eigenvalue weighted by Gasteiger charge is 2.11. The van der Waals surface area contributed by atoms with Crippen LogP contribution in [0, 0.1) is 0 Å². The van der Waals surface area contributed by atoms with E-state index in [1.54, 1.807) is 0 Å². The van der Waals surface area contributed by atoms with Gasteiger partial charge < -0.3 is 9.73 Å². The van der Waals surface area contributed by atoms with Crippen LogP contribution in [0.2, 0.25) is 0 Å². The van der Waals surface area contributed by atoms with Gasteiger partial charge in [-0.1, -0.05) is 84.9 Å². The SMILES string of the molecule is c1ccc(-c2ccc(Nc3ccc(-c4cccc5oc6ccccc6c45)cc3)cc2)cc1. The predicted molar refractivity (Wildman–Crippen MR) is 134 cm³/mol. The molecule has 6 aromatic rings. The summed E-state index contributed by atoms with van der Waals surface area (Å²) in [6, 6.07) is 42.0. The van der Waals surface area contributed by atoms with E-state index in [1.165, 1.54) is 27.6 Å². The third-order valence-corrected chi connectivity index (χ3v) is 5.88. The third-order valence-electron chi connectivity index (χ3n) is 5.88. The van der Waals surface area contributed by atoms with Crippen LogP contribution in [-0.2, 0) is 0 Å². The molecule has 0 atom stereocenters. The van der Waals surface area contributed by atoms with Gasteiger partial charge in [-0.05, 0) is 58.7 Å². The molecule has 0 saturated carbocycles. The van der Waals surface area contributed by atoms with Crippen LogP contribution in [0.15, 0.2) is 126 Å². The largest absolute Gasteiger partial charge is 0.456 e. The molecule has 152 valence electrons. The van der Waals surface area contributed by atoms with E-state index in [0.29, 0.717) is 0 Å². The fourth-order valence-corrected chi connectivity index (χ4v) is 4.29. The molecule has 0 aliphatic rings. The van der Waals surface area contributed by atoms with Crippen LogP contribution < -0.4 is 5.32 Å². The van der Waals surface area contributed by atoms with E-state index in [4.69, 9.17) is 4.42 Å². The number of anilines is 2. The van der Waals surface area contributed by atoms with E-state index in [-0.39, 0.29) is 0 Å². The lowest BCUT2D eigenvalue weighted by Gasteiger charge is -2.10. The monoisotopic (exact) mass is 411 g/mol. The molecule has 0 amide bonds. The van der Waals surface area contributed by atoms with Gasteiger partial charge in [0, 0.05) is 22.1 Å². The van der Waals surface area contributed by atoms with Crippen molar-refractivity contribution in [3.63, 3.8) is 0 Å². The summed E-state index contributed by atoms with van der Waals surface area (Å²) < 4.78 is 6.05. The highest BCUT2D eigenvalue weighted by atomic mass is 16.3. The van der Waals surface area contributed by atoms with Gasteiger partial charge in [0.05, 0.1) is 0 Å². The second kappa shape index (κ2) is 7.75. The van der Waals surface area contributed by atoms with Gasteiger partial charge in [-0.3, -0.25) is 0 Å². The summed E-state index contributed by atoms with van der Waals surface area (Å²) in [5.74, 6) is 0. The summed E-state index contributed by atoms with van der Waals surface area (Å²) in [5.41, 5.74) is 8.78. The molecule has 1 aromatic heterocycles. The molecule has 1 N–H and O–H groups in total. The lowest BCUT2D eigenvalue weighted by Crippen LogP contribution is -1.90. The summed E-state index contributed by atoms with van der Waals surface area (Å²) in [5, 5.41) is 5.82. The first-order valence-corrected chi connectivity index (χ1v) is 10.8. The molecule has 5 aromatic carbocycles. The van der Waals surface area contributed by atoms with Gasteiger partial charge in [0.15, 0.2) is 0 Å². The second-order valence-corrected chi connectivity index (χ2v) is 7.92. The third kappa shape index (κ3) is 3.32. The van der Waals surface area contributed by atoms with Crippen molar-refractivity contribution in [2.75, 3.05) is 5.32 Å². The highest BCUT2D eigenvalue weighted by Crippen LogP contribution is 2.36. The Labute approximate surface area is 186 Å². The second-order valence-electron chi connectivity index (χ2n) is 7.92. The highest BCUT2D eigenvalue weighted by molar-refractivity contribution is 6.12. The standard InChI is InChI=1S/C30H21NO/c1-2-7-21(8-3-1)22-13-17-24(18-14-22)31-25-19-15-23(16-20-25)26-10-6-12-29-30(26)27-9-4-5-11-28(27)32-29/h1-20,31H. The van der Waals surface area contributed by atoms with Crippen molar-refractivity contribution >= 4 is 33.3 Å². The van der Waals surface area contributed by atoms with Crippen molar-refractivity contribution in [1.82, 2.24) is 0 Å². The van der Waals surface area contributed by atoms with Crippen molar-refractivity contribution in [3.8, 4) is 22.3 Å². The first-order chi connectivity index (χ1) is 15.8. The summed E-state index contributed by atoms with van der Waals surface area (Å²) in [6.45, 7) is 0. The zero-order valence-electron chi connectivity index (χ0n) is 17.5. The minimum Gasteiger partial charge on any atom is -0.456 e. The number of rotatable bonds is 4. The van der Waals surface area contributed by atoms with Crippen LogP contribution in [0.25, 0.3) is 44.2 Å². The maximum absolute atomic E-state index is 6.05. The topological polar surface area (TPSA) is 25.2 Å². The van der Waals surface area contributed by atoms with Crippen LogP contribution >= 0.6 is 0 Å². The smallest absolute Gasteiger partial charge is 0.136 e. The lowest BCUT2D eigenvalue weighted by molar-refractivity contribution is 0.669. The first kappa shape index (κ1) is 18.5. The van der Waals surface area contributed by atoms with Gasteiger partial charge in [0.1, 0.15) is 11.2 Å². The molecule has 0 bridgehead atoms. The van der Waals surface area contributed by atoms with Gasteiger partial charge in [-0.2, -0.15) is 0 Å². The van der Waals surface area contributed by atoms with Gasteiger partial charge >= 0.3 is 0 Å². The Morgan fingerprint density at radius 2 is 1.03 bits per heavy atom. The Morgan fingerprint density at radius 1 is 0.438 bits per heavy atom. The molecule has 0 aliphatic heterocycles. The van der Waals surface area contributed by atoms with E-state index in [2.05, 4.69) is 102 Å². The van der Waals surface area contributed by atoms with Crippen LogP contribution in [0.1, 0.15) is 0 Å². The van der Waals surface area contributed by atoms with Crippen LogP contribution in [-0.4, -0.2) is 0 Å². The minimum absolute atomic E-state index is 0.921. The molecule has 1 heterocycles. The number of nitrogens with one attached hydrogen (secondary N) is 1. The van der Waals surface area contributed by atoms with E-state index in [9.17, 15) is 0 Å². The Kier molecular flexibility index (Phi) is 4.47. The molecule has 0 saturated heterocycles. The first-order valence-electron chi connectivity index (χ1n) is 10.8. The Balaban J connectivity index is 1.28. The zero-order valence-corrected chi connectivity index (χ0v) is 17.5. The Bertz CT molecular complexity index is 1510. The quantitative estimate of drug-likeness (QED) is 0.314. The van der Waals surface area contributed by atoms with Gasteiger partial charge in [0.2, 0.25) is 0 Å². The molecule has 0 fully saturated rings. The summed E-state index contributed by atoms with van der Waals surface area (Å²) in [6.07, 6.45) is 0. The minimum atomic E-state index is 0.921. The molecule has 6 rings (SSSR count). The molecule has 0 unspecified atom stereocenters. The van der Waals surface area contributed by atoms with Crippen molar-refractivity contribution in [2.24, 2.45) is 0 Å². The van der Waals surface area contributed by atoms with Gasteiger partial charge in [0.25, 0.3) is 0 Å². The molecule has 0 spiro atoms. The molecule has 0 radical (unpaired) electrons. The molecular formula is C30H21NO. The number of furan rings is 1. The maximum Gasteiger partial charge on any atom is 0.136 e. The summed E-state index contributed by atoms with van der Waals surface area (Å²) in [4.78, 5) is 0. The fourth-order valence-electron chi connectivity index (χ4n) is 4.29. The lowest BCUT2D eigenvalue weighted by atomic mass is 9.99. The molecule has 2 heteroatoms. The van der Waals surface area contributed by atoms with E-state index >= 15 is 0 Å². The number of hydrogen-bond donors (Lipinski definition) is 1. The number of hydrogen-bond acceptors (Lipinski definition) is 2. The maximum atomic E-state index is 6.05. The van der Waals surface area contributed by atoms with Crippen molar-refractivity contribution < 1.29 is 4.42 Å². The normalized spacial score (nSPS) is 11.1. The molecular weight excluding hydrogens is 390 g/mol. The molecule has 32 heavy (non-hydrogen) atoms. The fraction of sp³-hybridized carbons (Fsp3) is 0. The number of fused-ring (bicyclic) bond motifs is 3. The van der Waals surface area contributed by atoms with E-state index < -0.39 is 0 Å². The molecule has 0 aliphatic carbocycles. The van der Waals surface area contributed by atoms with Crippen molar-refractivity contribution in [2.45, 2.75) is 0 Å². The van der Waals surface area contributed by atoms with Crippen molar-refractivity contribution in [1.29, 1.82) is 0 Å². The van der Waals surface area contributed by atoms with E-state index in [1.807, 2.05) is 24.3 Å². The number of benzene rings is 5. The van der Waals surface area contributed by atoms with E-state index in [0.717, 1.165) is 27.9 Å². The van der Waals surface area contributed by atoms with Crippen LogP contribution in [0.3, 0.4) is 0 Å². The van der Waals surface area contributed by atoms with Gasteiger partial charge in [-0.25, -0.2) is 0 Å². The van der Waals surface area contributed by atoms with Crippen LogP contribution in [0.5, 0.6) is 0 Å². The Hall–Kier alpha value is -4.30. The Morgan fingerprint density at radius 3 is 1.78 bits per heavy atom. The van der Waals surface area contributed by atoms with Crippen LogP contribution in [0.4, 0.5) is 11.4 Å². The summed E-state index contributed by atoms with van der Waals surface area (Å²) in [7, 11) is 0. The predicted octanol–water partition coefficient (Wildman–Crippen LogP) is 8.66. The average Bonchev–Trinajstić information content (AvgIpc) is 3.25. The van der Waals surface area contributed by atoms with Gasteiger partial charge in [-0.15, -0.1) is 0 Å². The average molecular weight is 412 g/mol.